The van der Waals surface area contributed by atoms with E-state index >= 15 is 0 Å². The first kappa shape index (κ1) is 13.2. The molecule has 1 amide bonds. The highest BCUT2D eigenvalue weighted by Crippen LogP contribution is 2.23. The predicted octanol–water partition coefficient (Wildman–Crippen LogP) is 0.780. The van der Waals surface area contributed by atoms with Gasteiger partial charge in [0, 0.05) is 23.9 Å². The minimum atomic E-state index is -0.245. The predicted molar refractivity (Wildman–Crippen MR) is 63.2 cm³/mol. The third-order valence-corrected chi connectivity index (χ3v) is 2.36. The molecule has 0 saturated heterocycles. The summed E-state index contributed by atoms with van der Waals surface area (Å²) in [5.41, 5.74) is 1.48. The molecule has 0 aromatic carbocycles. The van der Waals surface area contributed by atoms with Gasteiger partial charge >= 0.3 is 0 Å². The monoisotopic (exact) mass is 236 g/mol. The molecule has 0 atom stereocenters. The molecule has 0 unspecified atom stereocenters. The molecule has 92 valence electrons. The Bertz CT molecular complexity index is 442. The highest BCUT2D eigenvalue weighted by atomic mass is 16.3. The number of pyridine rings is 1. The van der Waals surface area contributed by atoms with Crippen LogP contribution in [0.3, 0.4) is 0 Å². The minimum Gasteiger partial charge on any atom is -0.506 e. The SMILES string of the molecule is C/C=C/C(=O)NCc1c(CO)cnc(C)c1O. The van der Waals surface area contributed by atoms with Crippen LogP contribution in [0.1, 0.15) is 23.7 Å². The number of carbonyl (C=O) groups excluding carboxylic acids is 1. The Labute approximate surface area is 99.8 Å². The normalized spacial score (nSPS) is 10.8. The molecule has 0 aliphatic carbocycles. The van der Waals surface area contributed by atoms with E-state index in [-0.39, 0.29) is 24.8 Å². The van der Waals surface area contributed by atoms with Crippen LogP contribution in [-0.2, 0) is 17.9 Å². The second kappa shape index (κ2) is 6.00. The highest BCUT2D eigenvalue weighted by molar-refractivity contribution is 5.87. The van der Waals surface area contributed by atoms with E-state index in [0.717, 1.165) is 0 Å². The number of aliphatic hydroxyl groups is 1. The van der Waals surface area contributed by atoms with Crippen LogP contribution >= 0.6 is 0 Å². The van der Waals surface area contributed by atoms with Crippen LogP contribution in [-0.4, -0.2) is 21.1 Å². The van der Waals surface area contributed by atoms with Crippen molar-refractivity contribution in [3.63, 3.8) is 0 Å². The van der Waals surface area contributed by atoms with Crippen LogP contribution in [0, 0.1) is 6.92 Å². The first-order valence-electron chi connectivity index (χ1n) is 5.27. The summed E-state index contributed by atoms with van der Waals surface area (Å²) in [6.45, 7) is 3.34. The van der Waals surface area contributed by atoms with E-state index in [1.165, 1.54) is 12.3 Å². The molecule has 0 fully saturated rings. The zero-order valence-corrected chi connectivity index (χ0v) is 9.90. The molecule has 17 heavy (non-hydrogen) atoms. The molecule has 1 aromatic rings. The molecule has 0 radical (unpaired) electrons. The van der Waals surface area contributed by atoms with E-state index in [1.807, 2.05) is 0 Å². The number of nitrogens with zero attached hydrogens (tertiary/aromatic N) is 1. The third-order valence-electron chi connectivity index (χ3n) is 2.36. The molecular weight excluding hydrogens is 220 g/mol. The summed E-state index contributed by atoms with van der Waals surface area (Å²) in [7, 11) is 0. The number of aliphatic hydroxyl groups excluding tert-OH is 1. The Balaban J connectivity index is 2.89. The number of aromatic nitrogens is 1. The van der Waals surface area contributed by atoms with Gasteiger partial charge in [0.2, 0.25) is 5.91 Å². The van der Waals surface area contributed by atoms with Gasteiger partial charge in [0.15, 0.2) is 0 Å². The van der Waals surface area contributed by atoms with Gasteiger partial charge in [-0.3, -0.25) is 9.78 Å². The smallest absolute Gasteiger partial charge is 0.243 e. The van der Waals surface area contributed by atoms with E-state index in [4.69, 9.17) is 5.11 Å². The maximum Gasteiger partial charge on any atom is 0.243 e. The lowest BCUT2D eigenvalue weighted by Crippen LogP contribution is -2.21. The second-order valence-corrected chi connectivity index (χ2v) is 3.57. The van der Waals surface area contributed by atoms with Crippen LogP contribution in [0.15, 0.2) is 18.3 Å². The molecule has 1 heterocycles. The maximum absolute atomic E-state index is 11.3. The molecule has 5 heteroatoms. The average Bonchev–Trinajstić information content (AvgIpc) is 2.31. The van der Waals surface area contributed by atoms with Gasteiger partial charge in [-0.15, -0.1) is 0 Å². The van der Waals surface area contributed by atoms with Gasteiger partial charge in [-0.2, -0.15) is 0 Å². The van der Waals surface area contributed by atoms with Gasteiger partial charge in [0.1, 0.15) is 5.75 Å². The van der Waals surface area contributed by atoms with E-state index in [0.29, 0.717) is 16.8 Å². The fourth-order valence-corrected chi connectivity index (χ4v) is 1.40. The van der Waals surface area contributed by atoms with Gasteiger partial charge < -0.3 is 15.5 Å². The quantitative estimate of drug-likeness (QED) is 0.675. The molecule has 3 N–H and O–H groups in total. The van der Waals surface area contributed by atoms with Crippen molar-refractivity contribution >= 4 is 5.91 Å². The second-order valence-electron chi connectivity index (χ2n) is 3.57. The first-order chi connectivity index (χ1) is 8.10. The molecule has 0 saturated carbocycles. The van der Waals surface area contributed by atoms with E-state index in [2.05, 4.69) is 10.3 Å². The van der Waals surface area contributed by atoms with Crippen molar-refractivity contribution in [2.24, 2.45) is 0 Å². The number of nitrogens with one attached hydrogen (secondary N) is 1. The summed E-state index contributed by atoms with van der Waals surface area (Å²) < 4.78 is 0. The number of carbonyl (C=O) groups is 1. The standard InChI is InChI=1S/C12H16N2O3/c1-3-4-11(16)14-6-10-9(7-15)5-13-8(2)12(10)17/h3-5,15,17H,6-7H2,1-2H3,(H,14,16)/b4-3+. The fraction of sp³-hybridized carbons (Fsp3) is 0.333. The summed E-state index contributed by atoms with van der Waals surface area (Å²) in [4.78, 5) is 15.2. The molecule has 1 aromatic heterocycles. The Kier molecular flexibility index (Phi) is 4.66. The number of aryl methyl sites for hydroxylation is 1. The molecule has 0 spiro atoms. The molecule has 5 nitrogen and oxygen atoms in total. The first-order valence-corrected chi connectivity index (χ1v) is 5.27. The lowest BCUT2D eigenvalue weighted by molar-refractivity contribution is -0.116. The van der Waals surface area contributed by atoms with E-state index in [1.54, 1.807) is 19.9 Å². The van der Waals surface area contributed by atoms with Crippen LogP contribution < -0.4 is 5.32 Å². The Morgan fingerprint density at radius 1 is 1.59 bits per heavy atom. The van der Waals surface area contributed by atoms with Crippen molar-refractivity contribution in [1.29, 1.82) is 0 Å². The molecule has 1 rings (SSSR count). The van der Waals surface area contributed by atoms with Crippen molar-refractivity contribution < 1.29 is 15.0 Å². The maximum atomic E-state index is 11.3. The highest BCUT2D eigenvalue weighted by Gasteiger charge is 2.11. The zero-order valence-electron chi connectivity index (χ0n) is 9.90. The van der Waals surface area contributed by atoms with Crippen LogP contribution in [0.25, 0.3) is 0 Å². The number of rotatable bonds is 4. The molecule has 0 aliphatic rings. The van der Waals surface area contributed by atoms with Crippen molar-refractivity contribution in [3.05, 3.63) is 35.2 Å². The molecule has 0 aliphatic heterocycles. The van der Waals surface area contributed by atoms with E-state index < -0.39 is 0 Å². The molecule has 0 bridgehead atoms. The van der Waals surface area contributed by atoms with Crippen LogP contribution in [0.4, 0.5) is 0 Å². The van der Waals surface area contributed by atoms with E-state index in [9.17, 15) is 9.90 Å². The van der Waals surface area contributed by atoms with Crippen molar-refractivity contribution in [2.75, 3.05) is 0 Å². The van der Waals surface area contributed by atoms with Crippen LogP contribution in [0.5, 0.6) is 5.75 Å². The number of amides is 1. The number of allylic oxidation sites excluding steroid dienone is 1. The Morgan fingerprint density at radius 3 is 2.88 bits per heavy atom. The average molecular weight is 236 g/mol. The lowest BCUT2D eigenvalue weighted by atomic mass is 10.1. The lowest BCUT2D eigenvalue weighted by Gasteiger charge is -2.11. The zero-order chi connectivity index (χ0) is 12.8. The Hall–Kier alpha value is -1.88. The summed E-state index contributed by atoms with van der Waals surface area (Å²) in [6.07, 6.45) is 4.51. The fourth-order valence-electron chi connectivity index (χ4n) is 1.40. The Morgan fingerprint density at radius 2 is 2.29 bits per heavy atom. The summed E-state index contributed by atoms with van der Waals surface area (Å²) >= 11 is 0. The van der Waals surface area contributed by atoms with Gasteiger partial charge in [0.25, 0.3) is 0 Å². The number of hydrogen-bond donors (Lipinski definition) is 3. The van der Waals surface area contributed by atoms with Crippen molar-refractivity contribution in [3.8, 4) is 5.75 Å². The third kappa shape index (κ3) is 3.29. The molecular formula is C12H16N2O3. The minimum absolute atomic E-state index is 0.0114. The van der Waals surface area contributed by atoms with Crippen molar-refractivity contribution in [2.45, 2.75) is 27.0 Å². The van der Waals surface area contributed by atoms with Gasteiger partial charge in [-0.25, -0.2) is 0 Å². The van der Waals surface area contributed by atoms with Gasteiger partial charge in [-0.1, -0.05) is 6.08 Å². The van der Waals surface area contributed by atoms with Crippen LogP contribution in [0.2, 0.25) is 0 Å². The van der Waals surface area contributed by atoms with Gasteiger partial charge in [-0.05, 0) is 19.9 Å². The number of aromatic hydroxyl groups is 1. The topological polar surface area (TPSA) is 82.5 Å². The number of hydrogen-bond acceptors (Lipinski definition) is 4. The summed E-state index contributed by atoms with van der Waals surface area (Å²) in [6, 6.07) is 0. The summed E-state index contributed by atoms with van der Waals surface area (Å²) in [5, 5.41) is 21.6. The van der Waals surface area contributed by atoms with Crippen molar-refractivity contribution in [1.82, 2.24) is 10.3 Å². The largest absolute Gasteiger partial charge is 0.506 e. The van der Waals surface area contributed by atoms with Gasteiger partial charge in [0.05, 0.1) is 12.3 Å². The summed E-state index contributed by atoms with van der Waals surface area (Å²) in [5.74, 6) is -0.234.